The molecular formula is C34H46N6O3. The molecule has 9 heteroatoms. The molecule has 0 radical (unpaired) electrons. The highest BCUT2D eigenvalue weighted by atomic mass is 16.5. The number of hydrogen-bond donors (Lipinski definition) is 3. The Labute approximate surface area is 255 Å². The van der Waals surface area contributed by atoms with Crippen molar-refractivity contribution < 1.29 is 14.3 Å². The lowest BCUT2D eigenvalue weighted by molar-refractivity contribution is -0.123. The highest BCUT2D eigenvalue weighted by molar-refractivity contribution is 5.83. The Balaban J connectivity index is 1.00. The first-order chi connectivity index (χ1) is 20.8. The maximum atomic E-state index is 12.3. The number of fused-ring (bicyclic) bond motifs is 2. The molecule has 2 aliphatic heterocycles. The molecule has 0 fully saturated rings. The summed E-state index contributed by atoms with van der Waals surface area (Å²) < 4.78 is 13.3. The number of carbonyl (C=O) groups excluding carboxylic acids is 1. The first-order valence-corrected chi connectivity index (χ1v) is 15.6. The normalized spacial score (nSPS) is 17.4. The Kier molecular flexibility index (Phi) is 9.70. The van der Waals surface area contributed by atoms with E-state index in [0.29, 0.717) is 43.9 Å². The molecule has 1 aromatic heterocycles. The molecule has 3 heterocycles. The van der Waals surface area contributed by atoms with Crippen LogP contribution >= 0.6 is 0 Å². The van der Waals surface area contributed by atoms with Crippen LogP contribution in [0.2, 0.25) is 0 Å². The van der Waals surface area contributed by atoms with Crippen molar-refractivity contribution in [3.8, 4) is 5.75 Å². The molecular weight excluding hydrogens is 540 g/mol. The number of aromatic nitrogens is 3. The van der Waals surface area contributed by atoms with E-state index >= 15 is 0 Å². The molecule has 230 valence electrons. The SMILES string of the molecule is CCC(C)C(C)C(C)(C)c1cn(CCOCCNC(=O)COc2ccc(C3Nc4ccccc4C4=C3CCN4)cc2)nn1. The van der Waals surface area contributed by atoms with Crippen LogP contribution in [0.3, 0.4) is 0 Å². The molecule has 0 saturated heterocycles. The van der Waals surface area contributed by atoms with E-state index in [0.717, 1.165) is 30.8 Å². The molecule has 3 N–H and O–H groups in total. The fourth-order valence-electron chi connectivity index (χ4n) is 5.95. The molecule has 9 nitrogen and oxygen atoms in total. The van der Waals surface area contributed by atoms with Gasteiger partial charge in [-0.25, -0.2) is 4.68 Å². The molecule has 2 aliphatic rings. The van der Waals surface area contributed by atoms with Gasteiger partial charge in [-0.3, -0.25) is 4.79 Å². The zero-order valence-corrected chi connectivity index (χ0v) is 26.2. The van der Waals surface area contributed by atoms with E-state index in [1.54, 1.807) is 0 Å². The quantitative estimate of drug-likeness (QED) is 0.220. The van der Waals surface area contributed by atoms with Gasteiger partial charge in [0, 0.05) is 41.6 Å². The fourth-order valence-corrected chi connectivity index (χ4v) is 5.95. The third kappa shape index (κ3) is 7.04. The van der Waals surface area contributed by atoms with Gasteiger partial charge in [0.2, 0.25) is 0 Å². The summed E-state index contributed by atoms with van der Waals surface area (Å²) in [5, 5.41) is 18.8. The predicted molar refractivity (Wildman–Crippen MR) is 170 cm³/mol. The van der Waals surface area contributed by atoms with Crippen LogP contribution in [0, 0.1) is 11.8 Å². The Morgan fingerprint density at radius 3 is 2.72 bits per heavy atom. The molecule has 0 aliphatic carbocycles. The van der Waals surface area contributed by atoms with Gasteiger partial charge in [0.1, 0.15) is 5.75 Å². The largest absolute Gasteiger partial charge is 0.484 e. The molecule has 0 spiro atoms. The van der Waals surface area contributed by atoms with Crippen LogP contribution in [0.15, 0.2) is 60.3 Å². The predicted octanol–water partition coefficient (Wildman–Crippen LogP) is 5.32. The Bertz CT molecular complexity index is 1410. The monoisotopic (exact) mass is 586 g/mol. The smallest absolute Gasteiger partial charge is 0.258 e. The second kappa shape index (κ2) is 13.6. The van der Waals surface area contributed by atoms with Crippen LogP contribution in [-0.2, 0) is 21.5 Å². The summed E-state index contributed by atoms with van der Waals surface area (Å²) >= 11 is 0. The van der Waals surface area contributed by atoms with E-state index in [9.17, 15) is 4.79 Å². The molecule has 1 amide bonds. The van der Waals surface area contributed by atoms with Gasteiger partial charge in [0.25, 0.3) is 5.91 Å². The molecule has 43 heavy (non-hydrogen) atoms. The van der Waals surface area contributed by atoms with Crippen LogP contribution in [-0.4, -0.2) is 53.8 Å². The van der Waals surface area contributed by atoms with E-state index in [-0.39, 0.29) is 24.0 Å². The summed E-state index contributed by atoms with van der Waals surface area (Å²) in [6.45, 7) is 14.2. The van der Waals surface area contributed by atoms with Crippen molar-refractivity contribution >= 4 is 17.3 Å². The minimum Gasteiger partial charge on any atom is -0.484 e. The lowest BCUT2D eigenvalue weighted by Crippen LogP contribution is -2.32. The first kappa shape index (κ1) is 30.6. The molecule has 5 rings (SSSR count). The van der Waals surface area contributed by atoms with E-state index in [1.165, 1.54) is 22.4 Å². The van der Waals surface area contributed by atoms with Gasteiger partial charge in [-0.1, -0.05) is 76.6 Å². The summed E-state index contributed by atoms with van der Waals surface area (Å²) in [6.07, 6.45) is 4.19. The standard InChI is InChI=1S/C34H46N6O3/c1-6-23(2)24(3)34(4,5)30-21-40(39-38-30)18-20-42-19-17-35-31(41)22-43-26-13-11-25(12-14-26)32-28-15-16-36-33(28)27-9-7-8-10-29(27)37-32/h7-14,21,23-24,32,36-37H,6,15-20,22H2,1-5H3,(H,35,41). The summed E-state index contributed by atoms with van der Waals surface area (Å²) in [6, 6.07) is 16.5. The van der Waals surface area contributed by atoms with Crippen LogP contribution < -0.4 is 20.7 Å². The number of rotatable bonds is 14. The molecule has 3 unspecified atom stereocenters. The van der Waals surface area contributed by atoms with Crippen molar-refractivity contribution in [2.75, 3.05) is 38.2 Å². The number of nitrogens with zero attached hydrogens (tertiary/aromatic N) is 3. The lowest BCUT2D eigenvalue weighted by Gasteiger charge is -2.33. The minimum absolute atomic E-state index is 0.0415. The van der Waals surface area contributed by atoms with Gasteiger partial charge >= 0.3 is 0 Å². The second-order valence-electron chi connectivity index (χ2n) is 12.3. The third-order valence-corrected chi connectivity index (χ3v) is 9.31. The van der Waals surface area contributed by atoms with E-state index in [1.807, 2.05) is 23.0 Å². The van der Waals surface area contributed by atoms with Gasteiger partial charge in [-0.2, -0.15) is 0 Å². The van der Waals surface area contributed by atoms with E-state index in [4.69, 9.17) is 9.47 Å². The number of amides is 1. The van der Waals surface area contributed by atoms with Crippen LogP contribution in [0.4, 0.5) is 5.69 Å². The summed E-state index contributed by atoms with van der Waals surface area (Å²) in [4.78, 5) is 12.3. The molecule has 3 aromatic rings. The van der Waals surface area contributed by atoms with Crippen LogP contribution in [0.5, 0.6) is 5.75 Å². The maximum Gasteiger partial charge on any atom is 0.258 e. The number of nitrogens with one attached hydrogen (secondary N) is 3. The lowest BCUT2D eigenvalue weighted by atomic mass is 9.71. The number of benzene rings is 2. The summed E-state index contributed by atoms with van der Waals surface area (Å²) in [5.41, 5.74) is 7.15. The maximum absolute atomic E-state index is 12.3. The number of ether oxygens (including phenoxy) is 2. The first-order valence-electron chi connectivity index (χ1n) is 15.6. The summed E-state index contributed by atoms with van der Waals surface area (Å²) in [7, 11) is 0. The summed E-state index contributed by atoms with van der Waals surface area (Å²) in [5.74, 6) is 1.60. The topological polar surface area (TPSA) is 102 Å². The van der Waals surface area contributed by atoms with Gasteiger partial charge < -0.3 is 25.4 Å². The molecule has 3 atom stereocenters. The zero-order chi connectivity index (χ0) is 30.4. The Morgan fingerprint density at radius 2 is 1.93 bits per heavy atom. The Morgan fingerprint density at radius 1 is 1.14 bits per heavy atom. The van der Waals surface area contributed by atoms with Crippen molar-refractivity contribution in [1.29, 1.82) is 0 Å². The molecule has 0 saturated carbocycles. The number of para-hydroxylation sites is 1. The molecule has 0 bridgehead atoms. The Hall–Kier alpha value is -3.85. The average molecular weight is 587 g/mol. The van der Waals surface area contributed by atoms with Crippen LogP contribution in [0.1, 0.15) is 70.3 Å². The van der Waals surface area contributed by atoms with Gasteiger partial charge in [-0.15, -0.1) is 5.10 Å². The van der Waals surface area contributed by atoms with Gasteiger partial charge in [0.15, 0.2) is 6.61 Å². The highest BCUT2D eigenvalue weighted by Crippen LogP contribution is 2.43. The van der Waals surface area contributed by atoms with Crippen molar-refractivity contribution in [2.45, 2.75) is 65.5 Å². The molecule has 2 aromatic carbocycles. The van der Waals surface area contributed by atoms with Crippen molar-refractivity contribution in [3.63, 3.8) is 0 Å². The van der Waals surface area contributed by atoms with Crippen molar-refractivity contribution in [2.24, 2.45) is 11.8 Å². The van der Waals surface area contributed by atoms with Crippen molar-refractivity contribution in [1.82, 2.24) is 25.6 Å². The number of hydrogen-bond acceptors (Lipinski definition) is 7. The van der Waals surface area contributed by atoms with Gasteiger partial charge in [-0.05, 0) is 47.6 Å². The van der Waals surface area contributed by atoms with Crippen LogP contribution in [0.25, 0.3) is 5.70 Å². The van der Waals surface area contributed by atoms with Crippen molar-refractivity contribution in [3.05, 3.63) is 77.1 Å². The second-order valence-corrected chi connectivity index (χ2v) is 12.3. The number of anilines is 1. The van der Waals surface area contributed by atoms with E-state index < -0.39 is 0 Å². The fraction of sp³-hybridized carbons (Fsp3) is 0.500. The zero-order valence-electron chi connectivity index (χ0n) is 26.2. The number of carbonyl (C=O) groups is 1. The third-order valence-electron chi connectivity index (χ3n) is 9.31. The van der Waals surface area contributed by atoms with E-state index in [2.05, 4.69) is 97.3 Å². The minimum atomic E-state index is -0.177. The van der Waals surface area contributed by atoms with Gasteiger partial charge in [0.05, 0.1) is 31.5 Å². The highest BCUT2D eigenvalue weighted by Gasteiger charge is 2.34. The average Bonchev–Trinajstić information content (AvgIpc) is 3.72.